The minimum atomic E-state index is 0. The van der Waals surface area contributed by atoms with Gasteiger partial charge in [-0.05, 0) is 18.1 Å². The van der Waals surface area contributed by atoms with Crippen LogP contribution in [-0.4, -0.2) is 6.29 Å². The molecule has 0 aliphatic carbocycles. The molecule has 126 valence electrons. The molecule has 2 radical (unpaired) electrons. The smallest absolute Gasteiger partial charge is 0 e. The third-order valence-corrected chi connectivity index (χ3v) is 1.05. The van der Waals surface area contributed by atoms with Crippen LogP contribution in [0.5, 0.6) is 0 Å². The van der Waals surface area contributed by atoms with Crippen LogP contribution in [0.15, 0.2) is 30.3 Å². The average Bonchev–Trinajstić information content (AvgIpc) is 2.70. The Bertz CT molecular complexity index is 457. The quantitative estimate of drug-likeness (QED) is 0.265. The van der Waals surface area contributed by atoms with Crippen molar-refractivity contribution in [3.63, 3.8) is 0 Å². The van der Waals surface area contributed by atoms with Gasteiger partial charge in [0.05, 0.1) is 0 Å². The van der Waals surface area contributed by atoms with E-state index in [4.69, 9.17) is 27.9 Å². The van der Waals surface area contributed by atoms with E-state index in [1.165, 1.54) is 0 Å². The summed E-state index contributed by atoms with van der Waals surface area (Å²) in [6.07, 6.45) is 0.590. The Hall–Kier alpha value is -2.10. The molecule has 0 saturated carbocycles. The summed E-state index contributed by atoms with van der Waals surface area (Å²) in [4.78, 5) is 9.80. The SMILES string of the molecule is O=CC#Cc1ccccc1.[C-]#[O+].[C-]#[O+].[C-]#[O+].[C-]#[O+].[C-]#[O+].[C-]#[O+].[Co].[Co]. The van der Waals surface area contributed by atoms with Crippen LogP contribution in [0.4, 0.5) is 0 Å². The molecule has 9 heteroatoms. The van der Waals surface area contributed by atoms with Crippen LogP contribution in [0, 0.1) is 51.7 Å². The Balaban J connectivity index is -0.0000000263. The summed E-state index contributed by atoms with van der Waals surface area (Å²) >= 11 is 0. The van der Waals surface area contributed by atoms with Crippen LogP contribution in [0.3, 0.4) is 0 Å². The van der Waals surface area contributed by atoms with Crippen molar-refractivity contribution in [2.75, 3.05) is 0 Å². The van der Waals surface area contributed by atoms with Gasteiger partial charge in [-0.1, -0.05) is 24.1 Å². The summed E-state index contributed by atoms with van der Waals surface area (Å²) in [7, 11) is 0. The van der Waals surface area contributed by atoms with Crippen molar-refractivity contribution in [1.82, 2.24) is 0 Å². The van der Waals surface area contributed by atoms with Crippen molar-refractivity contribution in [1.29, 1.82) is 0 Å². The summed E-state index contributed by atoms with van der Waals surface area (Å²) < 4.78 is 45.0. The molecule has 0 heterocycles. The second-order valence-corrected chi connectivity index (χ2v) is 1.75. The fourth-order valence-corrected chi connectivity index (χ4v) is 0.634. The molecule has 0 N–H and O–H groups in total. The van der Waals surface area contributed by atoms with Crippen molar-refractivity contribution in [2.45, 2.75) is 0 Å². The molecular formula is C15H6Co2O7. The van der Waals surface area contributed by atoms with Crippen molar-refractivity contribution in [3.8, 4) is 11.8 Å². The summed E-state index contributed by atoms with van der Waals surface area (Å²) in [6, 6.07) is 9.39. The Morgan fingerprint density at radius 1 is 0.667 bits per heavy atom. The first-order valence-corrected chi connectivity index (χ1v) is 4.16. The number of carbonyl (C=O) groups is 1. The maximum atomic E-state index is 9.80. The zero-order valence-electron chi connectivity index (χ0n) is 11.5. The standard InChI is InChI=1S/C9H6O.6CO.2Co/c10-8-4-7-9-5-2-1-3-6-9;6*1-2;;/h1-3,5-6,8H;;;;;;;;. The summed E-state index contributed by atoms with van der Waals surface area (Å²) in [5, 5.41) is 0. The fraction of sp³-hybridized carbons (Fsp3) is 0. The van der Waals surface area contributed by atoms with Gasteiger partial charge in [-0.2, -0.15) is 0 Å². The number of carbonyl (C=O) groups excluding carboxylic acids is 1. The van der Waals surface area contributed by atoms with E-state index in [9.17, 15) is 4.79 Å². The summed E-state index contributed by atoms with van der Waals surface area (Å²) in [6.45, 7) is 27.0. The van der Waals surface area contributed by atoms with Gasteiger partial charge >= 0.3 is 67.8 Å². The van der Waals surface area contributed by atoms with Gasteiger partial charge in [-0.25, -0.2) is 0 Å². The van der Waals surface area contributed by atoms with Gasteiger partial charge < -0.3 is 0 Å². The number of hydrogen-bond acceptors (Lipinski definition) is 1. The minimum absolute atomic E-state index is 0. The zero-order valence-corrected chi connectivity index (χ0v) is 13.6. The van der Waals surface area contributed by atoms with E-state index in [2.05, 4.69) is 51.7 Å². The van der Waals surface area contributed by atoms with Crippen LogP contribution >= 0.6 is 0 Å². The molecule has 24 heavy (non-hydrogen) atoms. The molecule has 1 aromatic rings. The topological polar surface area (TPSA) is 136 Å². The van der Waals surface area contributed by atoms with Crippen molar-refractivity contribution >= 4 is 6.29 Å². The van der Waals surface area contributed by atoms with Gasteiger partial charge in [0.2, 0.25) is 0 Å². The Morgan fingerprint density at radius 2 is 0.958 bits per heavy atom. The second kappa shape index (κ2) is 104. The molecule has 0 spiro atoms. The molecule has 0 amide bonds. The van der Waals surface area contributed by atoms with E-state index in [0.29, 0.717) is 6.29 Å². The van der Waals surface area contributed by atoms with Crippen LogP contribution < -0.4 is 0 Å². The van der Waals surface area contributed by atoms with Crippen LogP contribution in [0.2, 0.25) is 0 Å². The zero-order chi connectivity index (χ0) is 19.2. The minimum Gasteiger partial charge on any atom is 0 e. The van der Waals surface area contributed by atoms with Crippen LogP contribution in [-0.2, 0) is 66.3 Å². The normalized spacial score (nSPS) is 3.67. The number of benzene rings is 1. The van der Waals surface area contributed by atoms with Gasteiger partial charge in [-0.15, -0.1) is 0 Å². The van der Waals surface area contributed by atoms with Gasteiger partial charge in [0.25, 0.3) is 0 Å². The molecule has 0 aliphatic rings. The monoisotopic (exact) mass is 416 g/mol. The molecule has 0 unspecified atom stereocenters. The van der Waals surface area contributed by atoms with E-state index < -0.39 is 0 Å². The summed E-state index contributed by atoms with van der Waals surface area (Å²) in [5.41, 5.74) is 0.870. The molecule has 1 rings (SSSR count). The first-order chi connectivity index (χ1) is 10.9. The molecule has 1 aromatic carbocycles. The molecule has 0 fully saturated rings. The average molecular weight is 416 g/mol. The molecule has 0 atom stereocenters. The van der Waals surface area contributed by atoms with Crippen molar-refractivity contribution < 1.29 is 66.3 Å². The number of rotatable bonds is 0. The van der Waals surface area contributed by atoms with Crippen molar-refractivity contribution in [2.24, 2.45) is 0 Å². The van der Waals surface area contributed by atoms with Gasteiger partial charge in [0.1, 0.15) is 0 Å². The molecular weight excluding hydrogens is 410 g/mol. The van der Waals surface area contributed by atoms with Gasteiger partial charge in [0, 0.05) is 39.1 Å². The second-order valence-electron chi connectivity index (χ2n) is 1.75. The molecule has 0 aliphatic heterocycles. The van der Waals surface area contributed by atoms with Crippen LogP contribution in [0.25, 0.3) is 0 Å². The third-order valence-electron chi connectivity index (χ3n) is 1.05. The van der Waals surface area contributed by atoms with E-state index in [-0.39, 0.29) is 33.6 Å². The maximum Gasteiger partial charge on any atom is 0 e. The largest absolute Gasteiger partial charge is 0 e. The molecule has 0 saturated heterocycles. The molecule has 0 aromatic heterocycles. The Labute approximate surface area is 160 Å². The molecule has 7 nitrogen and oxygen atoms in total. The van der Waals surface area contributed by atoms with Crippen LogP contribution in [0.1, 0.15) is 5.56 Å². The summed E-state index contributed by atoms with van der Waals surface area (Å²) in [5.74, 6) is 5.01. The van der Waals surface area contributed by atoms with E-state index in [0.717, 1.165) is 5.56 Å². The predicted molar refractivity (Wildman–Crippen MR) is 63.0 cm³/mol. The fourth-order valence-electron chi connectivity index (χ4n) is 0.634. The number of aldehydes is 1. The first-order valence-electron chi connectivity index (χ1n) is 4.16. The number of hydrogen-bond donors (Lipinski definition) is 0. The van der Waals surface area contributed by atoms with E-state index >= 15 is 0 Å². The van der Waals surface area contributed by atoms with E-state index in [1.807, 2.05) is 30.3 Å². The Morgan fingerprint density at radius 3 is 1.21 bits per heavy atom. The Kier molecular flexibility index (Phi) is 216. The van der Waals surface area contributed by atoms with Gasteiger partial charge in [0.15, 0.2) is 6.29 Å². The first kappa shape index (κ1) is 49.5. The van der Waals surface area contributed by atoms with Crippen molar-refractivity contribution in [3.05, 3.63) is 75.8 Å². The maximum absolute atomic E-state index is 9.80. The predicted octanol–water partition coefficient (Wildman–Crippen LogP) is 1.01. The third kappa shape index (κ3) is 72.5. The van der Waals surface area contributed by atoms with Gasteiger partial charge in [-0.3, -0.25) is 4.79 Å². The van der Waals surface area contributed by atoms with E-state index in [1.54, 1.807) is 0 Å². The molecule has 0 bridgehead atoms.